The zero-order valence-corrected chi connectivity index (χ0v) is 26.6. The van der Waals surface area contributed by atoms with Crippen LogP contribution in [0.5, 0.6) is 0 Å². The predicted molar refractivity (Wildman–Crippen MR) is 153 cm³/mol. The second kappa shape index (κ2) is 9.20. The molecular weight excluding hydrogens is 488 g/mol. The molecule has 1 aliphatic heterocycles. The molecule has 39 heavy (non-hydrogen) atoms. The zero-order valence-electron chi connectivity index (χ0n) is 26.6. The van der Waals surface area contributed by atoms with Crippen LogP contribution in [0.4, 0.5) is 0 Å². The minimum atomic E-state index is -0.597. The van der Waals surface area contributed by atoms with Gasteiger partial charge in [-0.3, -0.25) is 9.59 Å². The van der Waals surface area contributed by atoms with Gasteiger partial charge in [-0.2, -0.15) is 0 Å². The van der Waals surface area contributed by atoms with Crippen molar-refractivity contribution in [2.24, 2.45) is 45.3 Å². The lowest BCUT2D eigenvalue weighted by molar-refractivity contribution is -0.231. The van der Waals surface area contributed by atoms with Crippen molar-refractivity contribution >= 4 is 11.9 Å². The Morgan fingerprint density at radius 3 is 2.03 bits per heavy atom. The molecule has 0 N–H and O–H groups in total. The summed E-state index contributed by atoms with van der Waals surface area (Å²) in [5.41, 5.74) is 0.155. The van der Waals surface area contributed by atoms with Crippen LogP contribution in [-0.2, 0) is 23.8 Å². The van der Waals surface area contributed by atoms with Crippen molar-refractivity contribution in [1.82, 2.24) is 0 Å². The number of carbonyl (C=O) groups is 2. The average Bonchev–Trinajstić information content (AvgIpc) is 3.37. The summed E-state index contributed by atoms with van der Waals surface area (Å²) in [6.45, 7) is 22.1. The van der Waals surface area contributed by atoms with Gasteiger partial charge in [0.1, 0.15) is 11.7 Å². The van der Waals surface area contributed by atoms with Gasteiger partial charge in [0.25, 0.3) is 0 Å². The van der Waals surface area contributed by atoms with Crippen molar-refractivity contribution in [3.05, 3.63) is 0 Å². The fourth-order valence-corrected chi connectivity index (χ4v) is 11.9. The van der Waals surface area contributed by atoms with E-state index in [1.807, 2.05) is 13.8 Å². The lowest BCUT2D eigenvalue weighted by atomic mass is 9.35. The highest BCUT2D eigenvalue weighted by molar-refractivity contribution is 5.66. The lowest BCUT2D eigenvalue weighted by Crippen LogP contribution is -2.64. The fraction of sp³-hybridized carbons (Fsp3) is 0.941. The van der Waals surface area contributed by atoms with Crippen LogP contribution >= 0.6 is 0 Å². The molecule has 0 aromatic carbocycles. The summed E-state index contributed by atoms with van der Waals surface area (Å²) >= 11 is 0. The van der Waals surface area contributed by atoms with E-state index in [0.29, 0.717) is 34.5 Å². The quantitative estimate of drug-likeness (QED) is 0.337. The van der Waals surface area contributed by atoms with E-state index in [-0.39, 0.29) is 40.6 Å². The summed E-state index contributed by atoms with van der Waals surface area (Å²) in [6.07, 6.45) is 11.7. The highest BCUT2D eigenvalue weighted by atomic mass is 16.6. The molecule has 0 amide bonds. The predicted octanol–water partition coefficient (Wildman–Crippen LogP) is 7.88. The van der Waals surface area contributed by atoms with Gasteiger partial charge in [0.05, 0.1) is 11.7 Å². The molecule has 0 aromatic rings. The van der Waals surface area contributed by atoms with Crippen molar-refractivity contribution < 1.29 is 23.8 Å². The Balaban J connectivity index is 1.38. The highest BCUT2D eigenvalue weighted by Crippen LogP contribution is 2.76. The Bertz CT molecular complexity index is 1000. The van der Waals surface area contributed by atoms with E-state index >= 15 is 0 Å². The normalized spacial score (nSPS) is 49.0. The molecule has 0 unspecified atom stereocenters. The van der Waals surface area contributed by atoms with E-state index in [2.05, 4.69) is 41.5 Å². The third-order valence-electron chi connectivity index (χ3n) is 13.9. The van der Waals surface area contributed by atoms with Crippen LogP contribution in [0.2, 0.25) is 0 Å². The summed E-state index contributed by atoms with van der Waals surface area (Å²) in [5, 5.41) is 0. The largest absolute Gasteiger partial charge is 0.462 e. The number of hydrogen-bond donors (Lipinski definition) is 0. The highest BCUT2D eigenvalue weighted by Gasteiger charge is 2.70. The molecule has 5 heteroatoms. The number of carbonyl (C=O) groups excluding carboxylic acids is 2. The van der Waals surface area contributed by atoms with Crippen LogP contribution in [0.15, 0.2) is 0 Å². The molecule has 0 radical (unpaired) electrons. The van der Waals surface area contributed by atoms with E-state index in [9.17, 15) is 9.59 Å². The molecule has 10 atom stereocenters. The van der Waals surface area contributed by atoms with Gasteiger partial charge in [-0.1, -0.05) is 34.6 Å². The third kappa shape index (κ3) is 4.24. The first-order valence-electron chi connectivity index (χ1n) is 16.0. The molecule has 1 heterocycles. The molecular formula is C34H56O5. The van der Waals surface area contributed by atoms with E-state index < -0.39 is 5.60 Å². The second-order valence-corrected chi connectivity index (χ2v) is 16.4. The molecule has 0 bridgehead atoms. The van der Waals surface area contributed by atoms with Crippen LogP contribution in [0, 0.1) is 45.3 Å². The molecule has 1 saturated heterocycles. The molecule has 0 spiro atoms. The Morgan fingerprint density at radius 1 is 0.718 bits per heavy atom. The molecule has 0 aromatic heterocycles. The third-order valence-corrected chi connectivity index (χ3v) is 13.9. The topological polar surface area (TPSA) is 61.8 Å². The van der Waals surface area contributed by atoms with Crippen molar-refractivity contribution in [2.45, 2.75) is 157 Å². The van der Waals surface area contributed by atoms with Gasteiger partial charge in [-0.15, -0.1) is 0 Å². The molecule has 5 aliphatic rings. The summed E-state index contributed by atoms with van der Waals surface area (Å²) in [5.74, 6) is 2.15. The monoisotopic (exact) mass is 544 g/mol. The van der Waals surface area contributed by atoms with Crippen molar-refractivity contribution in [3.63, 3.8) is 0 Å². The molecule has 4 aliphatic carbocycles. The number of fused-ring (bicyclic) bond motifs is 5. The smallest absolute Gasteiger partial charge is 0.303 e. The van der Waals surface area contributed by atoms with E-state index in [0.717, 1.165) is 25.7 Å². The molecule has 5 fully saturated rings. The number of hydrogen-bond acceptors (Lipinski definition) is 5. The maximum atomic E-state index is 11.9. The Hall–Kier alpha value is -1.10. The van der Waals surface area contributed by atoms with Crippen LogP contribution in [0.25, 0.3) is 0 Å². The summed E-state index contributed by atoms with van der Waals surface area (Å²) in [4.78, 5) is 23.7. The van der Waals surface area contributed by atoms with Gasteiger partial charge in [0, 0.05) is 19.3 Å². The first-order valence-corrected chi connectivity index (χ1v) is 16.0. The van der Waals surface area contributed by atoms with Crippen molar-refractivity contribution in [1.29, 1.82) is 0 Å². The lowest BCUT2D eigenvalue weighted by Gasteiger charge is -2.70. The molecule has 222 valence electrons. The van der Waals surface area contributed by atoms with Gasteiger partial charge < -0.3 is 14.2 Å². The standard InChI is InChI=1S/C34H56O5/c1-21(35)37-27-15-17-31(7)25(29(27,3)4)14-19-33(9)26(31)12-11-23-24(13-18-32(23,33)8)34(10)20-16-28(39-34)30(5,6)38-22(2)36/h23-28H,11-20H2,1-10H3/t23-,24+,25+,26-,27-,28+,31+,32-,33-,34+/m1/s1. The van der Waals surface area contributed by atoms with Gasteiger partial charge in [0.2, 0.25) is 0 Å². The second-order valence-electron chi connectivity index (χ2n) is 16.4. The van der Waals surface area contributed by atoms with Crippen LogP contribution in [0.1, 0.15) is 133 Å². The zero-order chi connectivity index (χ0) is 28.8. The maximum Gasteiger partial charge on any atom is 0.303 e. The van der Waals surface area contributed by atoms with Gasteiger partial charge in [0.15, 0.2) is 0 Å². The van der Waals surface area contributed by atoms with Crippen molar-refractivity contribution in [2.75, 3.05) is 0 Å². The molecule has 5 rings (SSSR count). The van der Waals surface area contributed by atoms with E-state index in [1.54, 1.807) is 6.92 Å². The Morgan fingerprint density at radius 2 is 1.38 bits per heavy atom. The summed E-state index contributed by atoms with van der Waals surface area (Å²) in [7, 11) is 0. The van der Waals surface area contributed by atoms with Gasteiger partial charge >= 0.3 is 11.9 Å². The van der Waals surface area contributed by atoms with E-state index in [4.69, 9.17) is 14.2 Å². The molecule has 5 nitrogen and oxygen atoms in total. The maximum absolute atomic E-state index is 11.9. The Kier molecular flexibility index (Phi) is 6.93. The minimum absolute atomic E-state index is 0.00485. The summed E-state index contributed by atoms with van der Waals surface area (Å²) < 4.78 is 18.5. The van der Waals surface area contributed by atoms with Crippen LogP contribution in [-0.4, -0.2) is 35.3 Å². The van der Waals surface area contributed by atoms with Crippen LogP contribution in [0.3, 0.4) is 0 Å². The van der Waals surface area contributed by atoms with Crippen molar-refractivity contribution in [3.8, 4) is 0 Å². The van der Waals surface area contributed by atoms with Gasteiger partial charge in [-0.05, 0) is 125 Å². The first-order chi connectivity index (χ1) is 17.9. The fourth-order valence-electron chi connectivity index (χ4n) is 11.9. The first kappa shape index (κ1) is 29.4. The van der Waals surface area contributed by atoms with Gasteiger partial charge in [-0.25, -0.2) is 0 Å². The van der Waals surface area contributed by atoms with E-state index in [1.165, 1.54) is 45.4 Å². The Labute approximate surface area is 237 Å². The SMILES string of the molecule is CC(=O)O[C@@H]1CC[C@]2(C)[C@H]3CC[C@@H]4[C@@H]([C@]5(C)CC[C@@H](C(C)(C)OC(C)=O)O5)CC[C@@]4(C)[C@]3(C)CC[C@H]2C1(C)C. The summed E-state index contributed by atoms with van der Waals surface area (Å²) in [6, 6.07) is 0. The average molecular weight is 545 g/mol. The minimum Gasteiger partial charge on any atom is -0.462 e. The number of ether oxygens (including phenoxy) is 3. The number of rotatable bonds is 4. The van der Waals surface area contributed by atoms with Crippen LogP contribution < -0.4 is 0 Å². The molecule has 4 saturated carbocycles. The number of esters is 2.